The molecule has 0 saturated heterocycles. The molecular formula is C23H19FN2O2. The number of carbonyl (C=O) groups is 1. The number of hydrogen-bond donors (Lipinski definition) is 1. The van der Waals surface area contributed by atoms with E-state index in [-0.39, 0.29) is 5.56 Å². The van der Waals surface area contributed by atoms with Crippen molar-refractivity contribution in [2.75, 3.05) is 0 Å². The molecule has 3 aromatic rings. The number of hydrogen-bond acceptors (Lipinski definition) is 3. The fraction of sp³-hybridized carbons (Fsp3) is 0.130. The second-order valence-corrected chi connectivity index (χ2v) is 6.36. The molecule has 3 aromatic carbocycles. The van der Waals surface area contributed by atoms with Gasteiger partial charge in [0, 0.05) is 11.1 Å². The van der Waals surface area contributed by atoms with Crippen LogP contribution in [-0.4, -0.2) is 5.91 Å². The number of benzene rings is 3. The van der Waals surface area contributed by atoms with E-state index in [1.807, 2.05) is 37.3 Å². The molecule has 0 fully saturated rings. The Morgan fingerprint density at radius 3 is 2.64 bits per heavy atom. The van der Waals surface area contributed by atoms with Gasteiger partial charge in [0.2, 0.25) is 0 Å². The summed E-state index contributed by atoms with van der Waals surface area (Å²) in [6, 6.07) is 21.4. The first-order valence-electron chi connectivity index (χ1n) is 8.80. The highest BCUT2D eigenvalue weighted by Crippen LogP contribution is 2.19. The van der Waals surface area contributed by atoms with Crippen molar-refractivity contribution >= 4 is 5.91 Å². The Kier molecular flexibility index (Phi) is 6.03. The molecule has 0 aliphatic carbocycles. The van der Waals surface area contributed by atoms with Gasteiger partial charge < -0.3 is 10.1 Å². The lowest BCUT2D eigenvalue weighted by molar-refractivity contribution is 0.0944. The predicted molar refractivity (Wildman–Crippen MR) is 104 cm³/mol. The van der Waals surface area contributed by atoms with Gasteiger partial charge in [-0.25, -0.2) is 4.39 Å². The number of ether oxygens (including phenoxy) is 1. The van der Waals surface area contributed by atoms with E-state index in [1.165, 1.54) is 18.2 Å². The molecule has 0 radical (unpaired) electrons. The Morgan fingerprint density at radius 1 is 1.11 bits per heavy atom. The monoisotopic (exact) mass is 374 g/mol. The second-order valence-electron chi connectivity index (χ2n) is 6.36. The molecular weight excluding hydrogens is 355 g/mol. The number of amides is 1. The minimum atomic E-state index is -1.08. The van der Waals surface area contributed by atoms with Gasteiger partial charge in [-0.05, 0) is 36.8 Å². The fourth-order valence-electron chi connectivity index (χ4n) is 2.80. The van der Waals surface area contributed by atoms with Crippen LogP contribution in [0.15, 0.2) is 72.8 Å². The van der Waals surface area contributed by atoms with Crippen molar-refractivity contribution in [1.82, 2.24) is 5.32 Å². The Morgan fingerprint density at radius 2 is 1.89 bits per heavy atom. The van der Waals surface area contributed by atoms with E-state index >= 15 is 0 Å². The number of nitriles is 1. The zero-order valence-electron chi connectivity index (χ0n) is 15.4. The number of nitrogens with zero attached hydrogens (tertiary/aromatic N) is 1. The maximum Gasteiger partial charge on any atom is 0.252 e. The van der Waals surface area contributed by atoms with Crippen molar-refractivity contribution in [3.8, 4) is 11.8 Å². The summed E-state index contributed by atoms with van der Waals surface area (Å²) >= 11 is 0. The third-order valence-corrected chi connectivity index (χ3v) is 4.20. The number of halogens is 1. The maximum absolute atomic E-state index is 13.9. The summed E-state index contributed by atoms with van der Waals surface area (Å²) in [5.41, 5.74) is 2.63. The summed E-state index contributed by atoms with van der Waals surface area (Å²) in [7, 11) is 0. The molecule has 0 aliphatic heterocycles. The van der Waals surface area contributed by atoms with Gasteiger partial charge in [-0.1, -0.05) is 54.1 Å². The van der Waals surface area contributed by atoms with E-state index in [1.54, 1.807) is 30.3 Å². The summed E-state index contributed by atoms with van der Waals surface area (Å²) in [6.45, 7) is 2.39. The van der Waals surface area contributed by atoms with Gasteiger partial charge in [0.05, 0.1) is 6.07 Å². The predicted octanol–water partition coefficient (Wildman–Crippen LogP) is 4.71. The molecule has 4 nitrogen and oxygen atoms in total. The molecule has 1 N–H and O–H groups in total. The summed E-state index contributed by atoms with van der Waals surface area (Å²) < 4.78 is 19.7. The van der Waals surface area contributed by atoms with Crippen LogP contribution in [0.25, 0.3) is 0 Å². The molecule has 0 aliphatic rings. The first-order chi connectivity index (χ1) is 13.6. The topological polar surface area (TPSA) is 62.1 Å². The molecule has 0 bridgehead atoms. The van der Waals surface area contributed by atoms with E-state index in [2.05, 4.69) is 5.32 Å². The van der Waals surface area contributed by atoms with Crippen molar-refractivity contribution in [3.05, 3.63) is 101 Å². The van der Waals surface area contributed by atoms with Crippen LogP contribution < -0.4 is 10.1 Å². The van der Waals surface area contributed by atoms with E-state index in [0.717, 1.165) is 11.1 Å². The standard InChI is InChI=1S/C23H19FN2O2/c1-16-6-4-7-17(12-16)15-28-19-9-5-8-18(13-19)23(27)26-22(14-25)20-10-2-3-11-21(20)24/h2-13,22H,15H2,1H3,(H,26,27). The molecule has 0 aromatic heterocycles. The lowest BCUT2D eigenvalue weighted by Crippen LogP contribution is -2.28. The zero-order chi connectivity index (χ0) is 19.9. The van der Waals surface area contributed by atoms with Gasteiger partial charge in [-0.15, -0.1) is 0 Å². The van der Waals surface area contributed by atoms with E-state index < -0.39 is 17.8 Å². The molecule has 0 heterocycles. The third kappa shape index (κ3) is 4.74. The van der Waals surface area contributed by atoms with Crippen molar-refractivity contribution in [3.63, 3.8) is 0 Å². The average molecular weight is 374 g/mol. The third-order valence-electron chi connectivity index (χ3n) is 4.20. The van der Waals surface area contributed by atoms with Crippen molar-refractivity contribution in [2.24, 2.45) is 0 Å². The van der Waals surface area contributed by atoms with E-state index in [0.29, 0.717) is 17.9 Å². The van der Waals surface area contributed by atoms with Crippen LogP contribution in [0, 0.1) is 24.1 Å². The second kappa shape index (κ2) is 8.83. The molecule has 1 atom stereocenters. The van der Waals surface area contributed by atoms with Crippen LogP contribution in [-0.2, 0) is 6.61 Å². The quantitative estimate of drug-likeness (QED) is 0.680. The zero-order valence-corrected chi connectivity index (χ0v) is 15.4. The Balaban J connectivity index is 1.69. The first kappa shape index (κ1) is 19.1. The largest absolute Gasteiger partial charge is 0.489 e. The number of rotatable bonds is 6. The lowest BCUT2D eigenvalue weighted by Gasteiger charge is -2.13. The van der Waals surface area contributed by atoms with Crippen LogP contribution in [0.3, 0.4) is 0 Å². The van der Waals surface area contributed by atoms with Crippen LogP contribution in [0.1, 0.15) is 33.1 Å². The van der Waals surface area contributed by atoms with E-state index in [4.69, 9.17) is 4.74 Å². The fourth-order valence-corrected chi connectivity index (χ4v) is 2.80. The minimum Gasteiger partial charge on any atom is -0.489 e. The first-order valence-corrected chi connectivity index (χ1v) is 8.80. The molecule has 28 heavy (non-hydrogen) atoms. The van der Waals surface area contributed by atoms with Crippen LogP contribution in [0.2, 0.25) is 0 Å². The molecule has 1 unspecified atom stereocenters. The Bertz CT molecular complexity index is 1030. The number of nitrogens with one attached hydrogen (secondary N) is 1. The maximum atomic E-state index is 13.9. The minimum absolute atomic E-state index is 0.130. The SMILES string of the molecule is Cc1cccc(COc2cccc(C(=O)NC(C#N)c3ccccc3F)c2)c1. The number of aryl methyl sites for hydroxylation is 1. The highest BCUT2D eigenvalue weighted by atomic mass is 19.1. The van der Waals surface area contributed by atoms with Gasteiger partial charge in [-0.2, -0.15) is 5.26 Å². The van der Waals surface area contributed by atoms with Crippen molar-refractivity contribution in [1.29, 1.82) is 5.26 Å². The van der Waals surface area contributed by atoms with Crippen LogP contribution >= 0.6 is 0 Å². The summed E-state index contributed by atoms with van der Waals surface area (Å²) in [5.74, 6) is -0.478. The summed E-state index contributed by atoms with van der Waals surface area (Å²) in [4.78, 5) is 12.5. The molecule has 140 valence electrons. The lowest BCUT2D eigenvalue weighted by atomic mass is 10.1. The van der Waals surface area contributed by atoms with Crippen LogP contribution in [0.5, 0.6) is 5.75 Å². The molecule has 1 amide bonds. The summed E-state index contributed by atoms with van der Waals surface area (Å²) in [5, 5.41) is 11.9. The molecule has 3 rings (SSSR count). The van der Waals surface area contributed by atoms with E-state index in [9.17, 15) is 14.4 Å². The Labute approximate surface area is 163 Å². The van der Waals surface area contributed by atoms with Crippen LogP contribution in [0.4, 0.5) is 4.39 Å². The molecule has 5 heteroatoms. The van der Waals surface area contributed by atoms with Gasteiger partial charge in [0.15, 0.2) is 0 Å². The van der Waals surface area contributed by atoms with Gasteiger partial charge >= 0.3 is 0 Å². The van der Waals surface area contributed by atoms with Gasteiger partial charge in [-0.3, -0.25) is 4.79 Å². The van der Waals surface area contributed by atoms with Gasteiger partial charge in [0.1, 0.15) is 24.2 Å². The van der Waals surface area contributed by atoms with Crippen molar-refractivity contribution in [2.45, 2.75) is 19.6 Å². The Hall–Kier alpha value is -3.65. The summed E-state index contributed by atoms with van der Waals surface area (Å²) in [6.07, 6.45) is 0. The highest BCUT2D eigenvalue weighted by Gasteiger charge is 2.18. The smallest absolute Gasteiger partial charge is 0.252 e. The average Bonchev–Trinajstić information content (AvgIpc) is 2.71. The molecule has 0 spiro atoms. The normalized spacial score (nSPS) is 11.3. The highest BCUT2D eigenvalue weighted by molar-refractivity contribution is 5.95. The number of carbonyl (C=O) groups excluding carboxylic acids is 1. The van der Waals surface area contributed by atoms with Crippen molar-refractivity contribution < 1.29 is 13.9 Å². The van der Waals surface area contributed by atoms with Gasteiger partial charge in [0.25, 0.3) is 5.91 Å². The molecule has 0 saturated carbocycles.